The highest BCUT2D eigenvalue weighted by Crippen LogP contribution is 2.38. The predicted octanol–water partition coefficient (Wildman–Crippen LogP) is 3.53. The molecule has 216 valence electrons. The lowest BCUT2D eigenvalue weighted by molar-refractivity contribution is -0.138. The van der Waals surface area contributed by atoms with Gasteiger partial charge in [0.15, 0.2) is 5.82 Å². The second-order valence-corrected chi connectivity index (χ2v) is 10.1. The molecule has 0 bridgehead atoms. The molecule has 0 spiro atoms. The Morgan fingerprint density at radius 3 is 2.23 bits per heavy atom. The number of rotatable bonds is 4. The van der Waals surface area contributed by atoms with E-state index in [2.05, 4.69) is 0 Å². The minimum absolute atomic E-state index is 0.0450. The third kappa shape index (κ3) is 5.27. The number of halogens is 5. The van der Waals surface area contributed by atoms with Crippen molar-refractivity contribution in [1.82, 2.24) is 14.4 Å². The number of benzene rings is 1. The van der Waals surface area contributed by atoms with Crippen molar-refractivity contribution in [3.8, 4) is 5.69 Å². The van der Waals surface area contributed by atoms with Gasteiger partial charge in [0.1, 0.15) is 11.5 Å². The average Bonchev–Trinajstić information content (AvgIpc) is 2.86. The summed E-state index contributed by atoms with van der Waals surface area (Å²) in [4.78, 5) is 41.0. The second kappa shape index (κ2) is 10.6. The maximum Gasteiger partial charge on any atom is 0.417 e. The number of piperazine rings is 1. The van der Waals surface area contributed by atoms with Crippen molar-refractivity contribution in [1.29, 1.82) is 0 Å². The van der Waals surface area contributed by atoms with E-state index in [0.29, 0.717) is 10.8 Å². The fourth-order valence-corrected chi connectivity index (χ4v) is 5.17. The summed E-state index contributed by atoms with van der Waals surface area (Å²) in [6, 6.07) is 0.996. The van der Waals surface area contributed by atoms with E-state index >= 15 is 8.78 Å². The molecule has 0 aliphatic carbocycles. The summed E-state index contributed by atoms with van der Waals surface area (Å²) < 4.78 is 73.4. The van der Waals surface area contributed by atoms with Crippen LogP contribution >= 0.6 is 0 Å². The van der Waals surface area contributed by atoms with Crippen LogP contribution < -0.4 is 16.2 Å². The first-order chi connectivity index (χ1) is 18.6. The van der Waals surface area contributed by atoms with Gasteiger partial charge in [-0.2, -0.15) is 13.2 Å². The van der Waals surface area contributed by atoms with Crippen molar-refractivity contribution < 1.29 is 36.6 Å². The number of carboxylic acid groups (broad SMARTS) is 1. The molecule has 4 rings (SSSR count). The summed E-state index contributed by atoms with van der Waals surface area (Å²) in [5.74, 6) is -3.71. The number of amides is 2. The molecule has 0 radical (unpaired) electrons. The molecule has 2 aromatic rings. The maximum atomic E-state index is 16.4. The Bertz CT molecular complexity index is 1440. The SMILES string of the molecule is C[C@@H]1CN(c2cc(F)c(C3=CCN(C(=O)O)CC3)c(F)c2-n2cc(C(N)=O)c(C(F)(F)F)cc2=O)C[C@H](C)N1C. The normalized spacial score (nSPS) is 20.4. The highest BCUT2D eigenvalue weighted by Gasteiger charge is 2.37. The van der Waals surface area contributed by atoms with Crippen LogP contribution in [0, 0.1) is 11.6 Å². The lowest BCUT2D eigenvalue weighted by atomic mass is 9.96. The number of aromatic nitrogens is 1. The molecule has 1 aromatic heterocycles. The molecule has 2 atom stereocenters. The van der Waals surface area contributed by atoms with Crippen LogP contribution in [-0.4, -0.2) is 76.8 Å². The van der Waals surface area contributed by atoms with E-state index in [4.69, 9.17) is 5.73 Å². The van der Waals surface area contributed by atoms with Gasteiger partial charge in [0.25, 0.3) is 11.5 Å². The molecule has 2 amide bonds. The minimum Gasteiger partial charge on any atom is -0.465 e. The Balaban J connectivity index is 2.00. The zero-order chi connectivity index (χ0) is 29.7. The van der Waals surface area contributed by atoms with Gasteiger partial charge in [-0.15, -0.1) is 0 Å². The van der Waals surface area contributed by atoms with E-state index in [0.717, 1.165) is 11.0 Å². The van der Waals surface area contributed by atoms with Crippen molar-refractivity contribution in [2.75, 3.05) is 38.1 Å². The molecule has 0 saturated carbocycles. The van der Waals surface area contributed by atoms with Gasteiger partial charge in [-0.05, 0) is 32.9 Å². The lowest BCUT2D eigenvalue weighted by Crippen LogP contribution is -2.55. The van der Waals surface area contributed by atoms with Crippen LogP contribution in [0.1, 0.15) is 41.8 Å². The number of carbonyl (C=O) groups is 2. The van der Waals surface area contributed by atoms with Crippen LogP contribution in [0.4, 0.5) is 32.4 Å². The van der Waals surface area contributed by atoms with Crippen molar-refractivity contribution in [3.05, 3.63) is 63.1 Å². The Morgan fingerprint density at radius 1 is 1.10 bits per heavy atom. The topological polar surface area (TPSA) is 112 Å². The summed E-state index contributed by atoms with van der Waals surface area (Å²) in [5, 5.41) is 9.20. The van der Waals surface area contributed by atoms with Crippen molar-refractivity contribution in [2.45, 2.75) is 38.5 Å². The zero-order valence-electron chi connectivity index (χ0n) is 21.9. The number of carbonyl (C=O) groups excluding carboxylic acids is 1. The monoisotopic (exact) mass is 569 g/mol. The Morgan fingerprint density at radius 2 is 1.73 bits per heavy atom. The first-order valence-corrected chi connectivity index (χ1v) is 12.4. The summed E-state index contributed by atoms with van der Waals surface area (Å²) in [6.07, 6.45) is -4.48. The molecule has 40 heavy (non-hydrogen) atoms. The number of pyridine rings is 1. The summed E-state index contributed by atoms with van der Waals surface area (Å²) in [7, 11) is 1.88. The number of nitrogens with zero attached hydrogens (tertiary/aromatic N) is 4. The fourth-order valence-electron chi connectivity index (χ4n) is 5.17. The Labute approximate surface area is 225 Å². The highest BCUT2D eigenvalue weighted by molar-refractivity contribution is 5.94. The van der Waals surface area contributed by atoms with Gasteiger partial charge in [0.05, 0.1) is 22.4 Å². The van der Waals surface area contributed by atoms with Crippen molar-refractivity contribution in [2.24, 2.45) is 5.73 Å². The molecule has 1 saturated heterocycles. The van der Waals surface area contributed by atoms with Crippen LogP contribution in [0.2, 0.25) is 0 Å². The number of nitrogens with two attached hydrogens (primary N) is 1. The molecular formula is C26H28F5N5O4. The molecule has 2 aliphatic heterocycles. The molecule has 3 heterocycles. The van der Waals surface area contributed by atoms with Gasteiger partial charge >= 0.3 is 12.3 Å². The fraction of sp³-hybridized carbons (Fsp3) is 0.423. The molecule has 0 unspecified atom stereocenters. The van der Waals surface area contributed by atoms with Gasteiger partial charge in [-0.3, -0.25) is 19.1 Å². The van der Waals surface area contributed by atoms with E-state index in [1.54, 1.807) is 4.90 Å². The summed E-state index contributed by atoms with van der Waals surface area (Å²) >= 11 is 0. The molecule has 3 N–H and O–H groups in total. The number of primary amides is 1. The van der Waals surface area contributed by atoms with E-state index < -0.39 is 57.7 Å². The lowest BCUT2D eigenvalue weighted by Gasteiger charge is -2.44. The zero-order valence-corrected chi connectivity index (χ0v) is 21.9. The van der Waals surface area contributed by atoms with Gasteiger partial charge in [-0.1, -0.05) is 6.08 Å². The average molecular weight is 570 g/mol. The van der Waals surface area contributed by atoms with E-state index in [1.807, 2.05) is 25.8 Å². The molecule has 1 aromatic carbocycles. The summed E-state index contributed by atoms with van der Waals surface area (Å²) in [5.41, 5.74) is 0.234. The first-order valence-electron chi connectivity index (χ1n) is 12.4. The largest absolute Gasteiger partial charge is 0.465 e. The number of anilines is 1. The molecule has 14 heteroatoms. The third-order valence-electron chi connectivity index (χ3n) is 7.54. The highest BCUT2D eigenvalue weighted by atomic mass is 19.4. The van der Waals surface area contributed by atoms with Gasteiger partial charge in [0, 0.05) is 56.6 Å². The molecule has 1 fully saturated rings. The van der Waals surface area contributed by atoms with Gasteiger partial charge in [-0.25, -0.2) is 13.6 Å². The van der Waals surface area contributed by atoms with E-state index in [9.17, 15) is 32.7 Å². The molecule has 2 aliphatic rings. The van der Waals surface area contributed by atoms with Crippen molar-refractivity contribution in [3.63, 3.8) is 0 Å². The number of alkyl halides is 3. The van der Waals surface area contributed by atoms with E-state index in [-0.39, 0.29) is 62.0 Å². The minimum atomic E-state index is -5.09. The quantitative estimate of drug-likeness (QED) is 0.545. The van der Waals surface area contributed by atoms with Crippen LogP contribution in [0.3, 0.4) is 0 Å². The first kappa shape index (κ1) is 29.1. The van der Waals surface area contributed by atoms with Gasteiger partial charge in [0.2, 0.25) is 0 Å². The smallest absolute Gasteiger partial charge is 0.417 e. The maximum absolute atomic E-state index is 16.4. The van der Waals surface area contributed by atoms with Crippen LogP contribution in [0.15, 0.2) is 29.2 Å². The Hall–Kier alpha value is -3.94. The van der Waals surface area contributed by atoms with E-state index in [1.165, 1.54) is 6.08 Å². The molecular weight excluding hydrogens is 541 g/mol. The second-order valence-electron chi connectivity index (χ2n) is 10.1. The van der Waals surface area contributed by atoms with Crippen LogP contribution in [-0.2, 0) is 6.18 Å². The summed E-state index contributed by atoms with van der Waals surface area (Å²) in [6.45, 7) is 4.15. The van der Waals surface area contributed by atoms with Gasteiger partial charge < -0.3 is 20.6 Å². The predicted molar refractivity (Wildman–Crippen MR) is 137 cm³/mol. The standard InChI is InChI=1S/C26H28F5N5O4/c1-13-10-35(11-14(2)33(13)3)19-9-18(27)21(15-4-6-34(7-5-15)25(39)40)22(28)23(19)36-12-16(24(32)38)17(8-20(36)37)26(29,30)31/h4,8-9,12-14H,5-7,10-11H2,1-3H3,(H2,32,38)(H,39,40)/t13-,14+. The third-order valence-corrected chi connectivity index (χ3v) is 7.54. The van der Waals surface area contributed by atoms with Crippen molar-refractivity contribution >= 4 is 23.3 Å². The number of hydrogen-bond donors (Lipinski definition) is 2. The number of likely N-dealkylation sites (N-methyl/N-ethyl adjacent to an activating group) is 1. The number of hydrogen-bond acceptors (Lipinski definition) is 5. The van der Waals surface area contributed by atoms with Crippen LogP contribution in [0.25, 0.3) is 11.3 Å². The molecule has 9 nitrogen and oxygen atoms in total. The van der Waals surface area contributed by atoms with Crippen LogP contribution in [0.5, 0.6) is 0 Å². The Kier molecular flexibility index (Phi) is 7.67.